The van der Waals surface area contributed by atoms with E-state index in [-0.39, 0.29) is 17.1 Å². The van der Waals surface area contributed by atoms with Crippen molar-refractivity contribution in [3.63, 3.8) is 0 Å². The number of hydrogen-bond donors (Lipinski definition) is 0. The van der Waals surface area contributed by atoms with Crippen LogP contribution in [0.2, 0.25) is 0 Å². The van der Waals surface area contributed by atoms with Gasteiger partial charge in [0, 0.05) is 0 Å². The highest BCUT2D eigenvalue weighted by atomic mass is 16.7. The van der Waals surface area contributed by atoms with Gasteiger partial charge < -0.3 is 18.9 Å². The Kier molecular flexibility index (Phi) is 6.56. The van der Waals surface area contributed by atoms with Crippen molar-refractivity contribution in [2.24, 2.45) is 0 Å². The second kappa shape index (κ2) is 7.37. The SMILES string of the molecule is COC(=O)C(=C(C)C)C(C(=O)OC)=C(OC)OC. The fraction of sp³-hybridized carbons (Fsp3) is 0.500. The van der Waals surface area contributed by atoms with E-state index in [4.69, 9.17) is 9.47 Å². The summed E-state index contributed by atoms with van der Waals surface area (Å²) in [7, 11) is 5.06. The number of carbonyl (C=O) groups is 2. The molecule has 0 atom stereocenters. The van der Waals surface area contributed by atoms with Crippen molar-refractivity contribution in [3.05, 3.63) is 22.7 Å². The molecule has 0 amide bonds. The number of carbonyl (C=O) groups excluding carboxylic acids is 2. The van der Waals surface area contributed by atoms with Crippen LogP contribution in [0.5, 0.6) is 0 Å². The van der Waals surface area contributed by atoms with Gasteiger partial charge >= 0.3 is 11.9 Å². The number of allylic oxidation sites excluding steroid dienone is 1. The predicted molar refractivity (Wildman–Crippen MR) is 63.5 cm³/mol. The molecule has 102 valence electrons. The number of ether oxygens (including phenoxy) is 4. The van der Waals surface area contributed by atoms with Crippen LogP contribution in [0.1, 0.15) is 13.8 Å². The highest BCUT2D eigenvalue weighted by molar-refractivity contribution is 6.07. The van der Waals surface area contributed by atoms with Crippen LogP contribution >= 0.6 is 0 Å². The van der Waals surface area contributed by atoms with Crippen molar-refractivity contribution >= 4 is 11.9 Å². The van der Waals surface area contributed by atoms with Crippen LogP contribution in [0.25, 0.3) is 0 Å². The molecule has 18 heavy (non-hydrogen) atoms. The van der Waals surface area contributed by atoms with E-state index >= 15 is 0 Å². The average Bonchev–Trinajstić information content (AvgIpc) is 2.36. The molecule has 0 heterocycles. The van der Waals surface area contributed by atoms with Crippen molar-refractivity contribution in [2.45, 2.75) is 13.8 Å². The Morgan fingerprint density at radius 2 is 1.06 bits per heavy atom. The molecule has 0 saturated carbocycles. The maximum Gasteiger partial charge on any atom is 0.346 e. The van der Waals surface area contributed by atoms with Crippen LogP contribution in [-0.2, 0) is 28.5 Å². The van der Waals surface area contributed by atoms with Gasteiger partial charge in [0.1, 0.15) is 0 Å². The van der Waals surface area contributed by atoms with E-state index in [0.717, 1.165) is 0 Å². The zero-order chi connectivity index (χ0) is 14.3. The highest BCUT2D eigenvalue weighted by Crippen LogP contribution is 2.22. The number of esters is 2. The zero-order valence-electron chi connectivity index (χ0n) is 11.4. The van der Waals surface area contributed by atoms with Gasteiger partial charge in [0.2, 0.25) is 0 Å². The predicted octanol–water partition coefficient (Wildman–Crippen LogP) is 1.17. The minimum absolute atomic E-state index is 0.0584. The molecule has 0 bridgehead atoms. The van der Waals surface area contributed by atoms with Gasteiger partial charge in [-0.25, -0.2) is 9.59 Å². The van der Waals surface area contributed by atoms with Gasteiger partial charge in [-0.15, -0.1) is 0 Å². The van der Waals surface area contributed by atoms with Gasteiger partial charge in [-0.3, -0.25) is 0 Å². The van der Waals surface area contributed by atoms with Crippen molar-refractivity contribution in [3.8, 4) is 0 Å². The van der Waals surface area contributed by atoms with Crippen molar-refractivity contribution in [2.75, 3.05) is 28.4 Å². The highest BCUT2D eigenvalue weighted by Gasteiger charge is 2.29. The standard InChI is InChI=1S/C12H18O6/c1-7(2)8(10(13)15-3)9(11(14)16-4)12(17-5)18-6/h1-6H3. The first-order valence-electron chi connectivity index (χ1n) is 5.11. The third-order valence-corrected chi connectivity index (χ3v) is 2.10. The average molecular weight is 258 g/mol. The molecule has 0 aliphatic heterocycles. The maximum atomic E-state index is 11.8. The van der Waals surface area contributed by atoms with E-state index < -0.39 is 11.9 Å². The fourth-order valence-electron chi connectivity index (χ4n) is 1.34. The smallest absolute Gasteiger partial charge is 0.346 e. The Morgan fingerprint density at radius 3 is 1.33 bits per heavy atom. The number of methoxy groups -OCH3 is 4. The Balaban J connectivity index is 6.01. The van der Waals surface area contributed by atoms with Crippen LogP contribution in [0.4, 0.5) is 0 Å². The molecule has 0 radical (unpaired) electrons. The summed E-state index contributed by atoms with van der Waals surface area (Å²) < 4.78 is 19.1. The fourth-order valence-corrected chi connectivity index (χ4v) is 1.34. The topological polar surface area (TPSA) is 71.1 Å². The molecule has 0 aromatic rings. The summed E-state index contributed by atoms with van der Waals surface area (Å²) >= 11 is 0. The van der Waals surface area contributed by atoms with Gasteiger partial charge in [0.15, 0.2) is 5.57 Å². The molecule has 0 aromatic carbocycles. The first-order valence-corrected chi connectivity index (χ1v) is 5.11. The first-order chi connectivity index (χ1) is 8.44. The number of rotatable bonds is 5. The van der Waals surface area contributed by atoms with Crippen LogP contribution in [0, 0.1) is 0 Å². The van der Waals surface area contributed by atoms with Gasteiger partial charge in [-0.05, 0) is 13.8 Å². The maximum absolute atomic E-state index is 11.8. The van der Waals surface area contributed by atoms with Crippen LogP contribution in [-0.4, -0.2) is 40.4 Å². The molecular weight excluding hydrogens is 240 g/mol. The molecule has 0 aromatic heterocycles. The summed E-state index contributed by atoms with van der Waals surface area (Å²) in [5.74, 6) is -1.51. The molecule has 0 saturated heterocycles. The van der Waals surface area contributed by atoms with Gasteiger partial charge in [-0.2, -0.15) is 0 Å². The molecular formula is C12H18O6. The van der Waals surface area contributed by atoms with Crippen LogP contribution in [0.15, 0.2) is 22.7 Å². The summed E-state index contributed by atoms with van der Waals surface area (Å²) in [4.78, 5) is 23.5. The summed E-state index contributed by atoms with van der Waals surface area (Å²) in [5, 5.41) is 0. The molecule has 6 nitrogen and oxygen atoms in total. The third-order valence-electron chi connectivity index (χ3n) is 2.10. The Morgan fingerprint density at radius 1 is 0.667 bits per heavy atom. The van der Waals surface area contributed by atoms with Gasteiger partial charge in [0.25, 0.3) is 5.95 Å². The normalized spacial score (nSPS) is 9.00. The van der Waals surface area contributed by atoms with Gasteiger partial charge in [0.05, 0.1) is 34.0 Å². The van der Waals surface area contributed by atoms with E-state index in [0.29, 0.717) is 5.57 Å². The lowest BCUT2D eigenvalue weighted by molar-refractivity contribution is -0.140. The lowest BCUT2D eigenvalue weighted by Crippen LogP contribution is -2.19. The second-order valence-electron chi connectivity index (χ2n) is 3.43. The largest absolute Gasteiger partial charge is 0.468 e. The second-order valence-corrected chi connectivity index (χ2v) is 3.43. The van der Waals surface area contributed by atoms with E-state index in [1.807, 2.05) is 0 Å². The minimum atomic E-state index is -0.740. The molecule has 0 aliphatic rings. The molecule has 0 aliphatic carbocycles. The minimum Gasteiger partial charge on any atom is -0.468 e. The van der Waals surface area contributed by atoms with Crippen molar-refractivity contribution in [1.82, 2.24) is 0 Å². The summed E-state index contributed by atoms with van der Waals surface area (Å²) in [6, 6.07) is 0. The lowest BCUT2D eigenvalue weighted by Gasteiger charge is -2.14. The number of hydrogen-bond acceptors (Lipinski definition) is 6. The monoisotopic (exact) mass is 258 g/mol. The van der Waals surface area contributed by atoms with E-state index in [1.165, 1.54) is 28.4 Å². The first kappa shape index (κ1) is 16.0. The third kappa shape index (κ3) is 3.51. The van der Waals surface area contributed by atoms with E-state index in [1.54, 1.807) is 13.8 Å². The summed E-state index contributed by atoms with van der Waals surface area (Å²) in [5.41, 5.74) is 0.534. The summed E-state index contributed by atoms with van der Waals surface area (Å²) in [6.45, 7) is 3.33. The molecule has 0 spiro atoms. The molecule has 0 unspecified atom stereocenters. The zero-order valence-corrected chi connectivity index (χ0v) is 11.4. The molecule has 0 rings (SSSR count). The quantitative estimate of drug-likeness (QED) is 0.319. The van der Waals surface area contributed by atoms with Gasteiger partial charge in [-0.1, -0.05) is 5.57 Å². The van der Waals surface area contributed by atoms with Crippen LogP contribution < -0.4 is 0 Å². The van der Waals surface area contributed by atoms with Crippen LogP contribution in [0.3, 0.4) is 0 Å². The van der Waals surface area contributed by atoms with Crippen molar-refractivity contribution < 1.29 is 28.5 Å². The van der Waals surface area contributed by atoms with E-state index in [2.05, 4.69) is 9.47 Å². The Hall–Kier alpha value is -1.98. The lowest BCUT2D eigenvalue weighted by atomic mass is 10.0. The van der Waals surface area contributed by atoms with Crippen molar-refractivity contribution in [1.29, 1.82) is 0 Å². The molecule has 6 heteroatoms. The summed E-state index contributed by atoms with van der Waals surface area (Å²) in [6.07, 6.45) is 0. The Labute approximate surface area is 106 Å². The molecule has 0 N–H and O–H groups in total. The molecule has 0 fully saturated rings. The van der Waals surface area contributed by atoms with E-state index in [9.17, 15) is 9.59 Å². The Bertz CT molecular complexity index is 381.